The molecule has 6 heteroatoms. The second-order valence-corrected chi connectivity index (χ2v) is 4.32. The Bertz CT molecular complexity index is 543. The average Bonchev–Trinajstić information content (AvgIpc) is 2.94. The summed E-state index contributed by atoms with van der Waals surface area (Å²) >= 11 is 0. The summed E-state index contributed by atoms with van der Waals surface area (Å²) in [6, 6.07) is 8.94. The molecule has 84 valence electrons. The fraction of sp³-hybridized carbons (Fsp3) is 0.300. The van der Waals surface area contributed by atoms with Gasteiger partial charge in [0.05, 0.1) is 0 Å². The molecule has 2 atom stereocenters. The number of nitrogens with zero attached hydrogens (tertiary/aromatic N) is 1. The van der Waals surface area contributed by atoms with Crippen molar-refractivity contribution in [2.24, 2.45) is 4.36 Å². The maximum atomic E-state index is 11.0. The van der Waals surface area contributed by atoms with Crippen LogP contribution in [0.15, 0.2) is 34.7 Å². The van der Waals surface area contributed by atoms with E-state index >= 15 is 0 Å². The van der Waals surface area contributed by atoms with Crippen LogP contribution in [0.5, 0.6) is 0 Å². The van der Waals surface area contributed by atoms with Gasteiger partial charge in [0, 0.05) is 5.92 Å². The minimum Gasteiger partial charge on any atom is -0.479 e. The fourth-order valence-electron chi connectivity index (χ4n) is 1.84. The monoisotopic (exact) mass is 239 g/mol. The predicted octanol–water partition coefficient (Wildman–Crippen LogP) is 1.06. The zero-order chi connectivity index (χ0) is 11.8. The summed E-state index contributed by atoms with van der Waals surface area (Å²) in [5.41, 5.74) is -0.673. The zero-order valence-corrected chi connectivity index (χ0v) is 9.02. The Balaban J connectivity index is 2.37. The van der Waals surface area contributed by atoms with Crippen LogP contribution in [0.3, 0.4) is 0 Å². The Morgan fingerprint density at radius 1 is 1.38 bits per heavy atom. The summed E-state index contributed by atoms with van der Waals surface area (Å²) in [7, 11) is -2.69. The van der Waals surface area contributed by atoms with Crippen LogP contribution >= 0.6 is 0 Å². The summed E-state index contributed by atoms with van der Waals surface area (Å²) < 4.78 is 24.3. The second kappa shape index (κ2) is 3.71. The molecule has 0 heterocycles. The molecule has 0 radical (unpaired) electrons. The van der Waals surface area contributed by atoms with E-state index in [2.05, 4.69) is 4.36 Å². The molecule has 1 aromatic rings. The van der Waals surface area contributed by atoms with Gasteiger partial charge in [0.2, 0.25) is 0 Å². The number of rotatable bonds is 3. The van der Waals surface area contributed by atoms with E-state index < -0.39 is 22.0 Å². The van der Waals surface area contributed by atoms with Crippen LogP contribution in [0.4, 0.5) is 0 Å². The third-order valence-electron chi connectivity index (χ3n) is 2.74. The van der Waals surface area contributed by atoms with Crippen molar-refractivity contribution in [3.63, 3.8) is 0 Å². The van der Waals surface area contributed by atoms with Crippen molar-refractivity contribution in [2.75, 3.05) is 0 Å². The van der Waals surface area contributed by atoms with Gasteiger partial charge in [0.25, 0.3) is 0 Å². The van der Waals surface area contributed by atoms with Crippen molar-refractivity contribution in [3.05, 3.63) is 35.9 Å². The highest BCUT2D eigenvalue weighted by Gasteiger charge is 2.62. The molecule has 1 fully saturated rings. The van der Waals surface area contributed by atoms with Crippen LogP contribution < -0.4 is 0 Å². The lowest BCUT2D eigenvalue weighted by Crippen LogP contribution is -2.21. The molecule has 0 aromatic heterocycles. The average molecular weight is 239 g/mol. The van der Waals surface area contributed by atoms with Crippen molar-refractivity contribution in [3.8, 4) is 0 Å². The summed E-state index contributed by atoms with van der Waals surface area (Å²) in [5, 5.41) is 9.02. The molecule has 5 nitrogen and oxygen atoms in total. The molecular formula is C10H9NO4S. The smallest absolute Gasteiger partial charge is 0.333 e. The number of carboxylic acid groups (broad SMARTS) is 1. The summed E-state index contributed by atoms with van der Waals surface area (Å²) in [6.07, 6.45) is 0.236. The van der Waals surface area contributed by atoms with Crippen molar-refractivity contribution in [2.45, 2.75) is 17.9 Å². The normalized spacial score (nSPS) is 27.1. The number of benzene rings is 1. The van der Waals surface area contributed by atoms with Gasteiger partial charge in [0.1, 0.15) is 0 Å². The van der Waals surface area contributed by atoms with Crippen molar-refractivity contribution >= 4 is 16.5 Å². The molecule has 16 heavy (non-hydrogen) atoms. The van der Waals surface area contributed by atoms with Gasteiger partial charge < -0.3 is 5.11 Å². The summed E-state index contributed by atoms with van der Waals surface area (Å²) in [5.74, 6) is -1.53. The first-order valence-corrected chi connectivity index (χ1v) is 5.70. The van der Waals surface area contributed by atoms with Crippen LogP contribution in [0.25, 0.3) is 0 Å². The molecule has 0 bridgehead atoms. The molecule has 1 aliphatic rings. The Morgan fingerprint density at radius 2 is 2.00 bits per heavy atom. The van der Waals surface area contributed by atoms with Crippen LogP contribution in [-0.2, 0) is 15.3 Å². The molecule has 1 aliphatic carbocycles. The Morgan fingerprint density at radius 3 is 2.50 bits per heavy atom. The largest absolute Gasteiger partial charge is 0.479 e. The first kappa shape index (κ1) is 10.8. The maximum absolute atomic E-state index is 11.0. The Kier molecular flexibility index (Phi) is 2.51. The van der Waals surface area contributed by atoms with Crippen molar-refractivity contribution < 1.29 is 18.3 Å². The standard InChI is InChI=1S/C10H9NO4S/c12-9(13)10(11-16(14)15)6-8(10)7-4-2-1-3-5-7/h1-5,8H,6H2,(H,12,13)/t8-,10+/m0/s1. The minimum absolute atomic E-state index is 0.236. The summed E-state index contributed by atoms with van der Waals surface area (Å²) in [4.78, 5) is 11.0. The predicted molar refractivity (Wildman–Crippen MR) is 55.5 cm³/mol. The van der Waals surface area contributed by atoms with E-state index in [1.165, 1.54) is 0 Å². The quantitative estimate of drug-likeness (QED) is 0.854. The summed E-state index contributed by atoms with van der Waals surface area (Å²) in [6.45, 7) is 0. The second-order valence-electron chi connectivity index (χ2n) is 3.71. The third-order valence-corrected chi connectivity index (χ3v) is 3.22. The molecular weight excluding hydrogens is 230 g/mol. The van der Waals surface area contributed by atoms with Crippen LogP contribution in [-0.4, -0.2) is 25.0 Å². The minimum atomic E-state index is -2.69. The Labute approximate surface area is 93.4 Å². The number of carbonyl (C=O) groups is 1. The lowest BCUT2D eigenvalue weighted by atomic mass is 10.1. The molecule has 1 N–H and O–H groups in total. The molecule has 1 saturated carbocycles. The van der Waals surface area contributed by atoms with Gasteiger partial charge in [-0.2, -0.15) is 12.8 Å². The first-order valence-electron chi connectivity index (χ1n) is 4.67. The fourth-order valence-corrected chi connectivity index (χ4v) is 2.39. The van der Waals surface area contributed by atoms with Crippen LogP contribution in [0.1, 0.15) is 17.9 Å². The van der Waals surface area contributed by atoms with Crippen molar-refractivity contribution in [1.82, 2.24) is 0 Å². The van der Waals surface area contributed by atoms with Gasteiger partial charge in [-0.05, 0) is 12.0 Å². The van der Waals surface area contributed by atoms with E-state index in [4.69, 9.17) is 5.11 Å². The number of aliphatic carboxylic acids is 1. The van der Waals surface area contributed by atoms with Crippen LogP contribution in [0.2, 0.25) is 0 Å². The third kappa shape index (κ3) is 1.71. The van der Waals surface area contributed by atoms with E-state index in [-0.39, 0.29) is 12.3 Å². The van der Waals surface area contributed by atoms with Crippen LogP contribution in [0, 0.1) is 0 Å². The topological polar surface area (TPSA) is 83.8 Å². The number of hydrogen-bond acceptors (Lipinski definition) is 4. The van der Waals surface area contributed by atoms with Crippen molar-refractivity contribution in [1.29, 1.82) is 0 Å². The van der Waals surface area contributed by atoms with E-state index in [0.717, 1.165) is 5.56 Å². The van der Waals surface area contributed by atoms with Gasteiger partial charge in [-0.3, -0.25) is 0 Å². The first-order chi connectivity index (χ1) is 7.56. The molecule has 0 spiro atoms. The Hall–Kier alpha value is -1.69. The zero-order valence-electron chi connectivity index (χ0n) is 8.20. The van der Waals surface area contributed by atoms with Gasteiger partial charge in [-0.25, -0.2) is 4.79 Å². The molecule has 2 rings (SSSR count). The van der Waals surface area contributed by atoms with E-state index in [1.54, 1.807) is 24.3 Å². The highest BCUT2D eigenvalue weighted by molar-refractivity contribution is 7.61. The highest BCUT2D eigenvalue weighted by Crippen LogP contribution is 2.54. The SMILES string of the molecule is O=C(O)[C@@]1(N=S(=O)=O)C[C@H]1c1ccccc1. The lowest BCUT2D eigenvalue weighted by Gasteiger charge is -2.03. The molecule has 1 aromatic carbocycles. The number of hydrogen-bond donors (Lipinski definition) is 1. The van der Waals surface area contributed by atoms with Gasteiger partial charge >= 0.3 is 16.5 Å². The lowest BCUT2D eigenvalue weighted by molar-refractivity contribution is -0.139. The van der Waals surface area contributed by atoms with Gasteiger partial charge in [0.15, 0.2) is 5.54 Å². The highest BCUT2D eigenvalue weighted by atomic mass is 32.2. The molecule has 0 saturated heterocycles. The van der Waals surface area contributed by atoms with E-state index in [1.807, 2.05) is 6.07 Å². The van der Waals surface area contributed by atoms with Gasteiger partial charge in [-0.15, -0.1) is 0 Å². The number of carboxylic acids is 1. The van der Waals surface area contributed by atoms with Gasteiger partial charge in [-0.1, -0.05) is 30.3 Å². The van der Waals surface area contributed by atoms with E-state index in [9.17, 15) is 13.2 Å². The van der Waals surface area contributed by atoms with E-state index in [0.29, 0.717) is 0 Å². The molecule has 0 amide bonds. The molecule has 0 aliphatic heterocycles. The maximum Gasteiger partial charge on any atom is 0.333 e. The molecule has 0 unspecified atom stereocenters.